The molecule has 0 aliphatic heterocycles. The van der Waals surface area contributed by atoms with E-state index in [1.807, 2.05) is 0 Å². The zero-order valence-electron chi connectivity index (χ0n) is 9.89. The molecule has 1 rings (SSSR count). The molecule has 0 saturated carbocycles. The molecule has 0 atom stereocenters. The highest BCUT2D eigenvalue weighted by molar-refractivity contribution is 7.81. The zero-order valence-corrected chi connectivity index (χ0v) is 10.7. The van der Waals surface area contributed by atoms with Gasteiger partial charge in [0, 0.05) is 0 Å². The first kappa shape index (κ1) is 17.0. The molecule has 0 aliphatic rings. The summed E-state index contributed by atoms with van der Waals surface area (Å²) >= 11 is 0. The molecule has 0 amide bonds. The number of carbonyl (C=O) groups is 1. The van der Waals surface area contributed by atoms with Gasteiger partial charge in [-0.25, -0.2) is 4.79 Å². The summed E-state index contributed by atoms with van der Waals surface area (Å²) in [7, 11) is -1.60. The number of hydrogen-bond donors (Lipinski definition) is 4. The lowest BCUT2D eigenvalue weighted by Gasteiger charge is -2.01. The standard InChI is InChI=1S/C7H6O5.C2H6O4S/c8-4-1-3(7(11)12)2-5(9)6(4)10;1-5-7(3,4)6-2/h1-2,8-10H,(H,11,12);1-2H3. The van der Waals surface area contributed by atoms with Crippen LogP contribution >= 0.6 is 0 Å². The third kappa shape index (κ3) is 5.42. The molecule has 10 heteroatoms. The number of carboxylic acids is 1. The number of carboxylic acid groups (broad SMARTS) is 1. The van der Waals surface area contributed by atoms with Gasteiger partial charge in [-0.15, -0.1) is 0 Å². The summed E-state index contributed by atoms with van der Waals surface area (Å²) in [6.45, 7) is 0. The van der Waals surface area contributed by atoms with Crippen LogP contribution in [0.25, 0.3) is 0 Å². The number of phenols is 3. The van der Waals surface area contributed by atoms with Crippen LogP contribution in [0.3, 0.4) is 0 Å². The Morgan fingerprint density at radius 1 is 1.05 bits per heavy atom. The fraction of sp³-hybridized carbons (Fsp3) is 0.222. The van der Waals surface area contributed by atoms with Crippen LogP contribution in [0.4, 0.5) is 0 Å². The van der Waals surface area contributed by atoms with E-state index >= 15 is 0 Å². The normalized spacial score (nSPS) is 10.4. The average Bonchev–Trinajstić information content (AvgIpc) is 2.36. The SMILES string of the molecule is COS(=O)(=O)OC.O=C(O)c1cc(O)c(O)c(O)c1. The van der Waals surface area contributed by atoms with Gasteiger partial charge < -0.3 is 20.4 Å². The van der Waals surface area contributed by atoms with E-state index in [0.29, 0.717) is 0 Å². The summed E-state index contributed by atoms with van der Waals surface area (Å²) in [5.41, 5.74) is -0.289. The predicted octanol–water partition coefficient (Wildman–Crippen LogP) is 0.0256. The van der Waals surface area contributed by atoms with Crippen molar-refractivity contribution < 1.29 is 42.0 Å². The smallest absolute Gasteiger partial charge is 0.399 e. The van der Waals surface area contributed by atoms with Crippen molar-refractivity contribution >= 4 is 16.4 Å². The summed E-state index contributed by atoms with van der Waals surface area (Å²) < 4.78 is 27.5. The molecule has 9 nitrogen and oxygen atoms in total. The summed E-state index contributed by atoms with van der Waals surface area (Å²) in [5.74, 6) is -3.33. The van der Waals surface area contributed by atoms with Gasteiger partial charge in [0.25, 0.3) is 0 Å². The second-order valence-corrected chi connectivity index (χ2v) is 4.39. The molecule has 0 heterocycles. The third-order valence-electron chi connectivity index (χ3n) is 1.72. The molecular formula is C9H12O9S. The molecule has 108 valence electrons. The number of benzene rings is 1. The van der Waals surface area contributed by atoms with E-state index in [-0.39, 0.29) is 5.56 Å². The van der Waals surface area contributed by atoms with Gasteiger partial charge in [0.2, 0.25) is 0 Å². The van der Waals surface area contributed by atoms with Crippen molar-refractivity contribution in [3.8, 4) is 17.2 Å². The van der Waals surface area contributed by atoms with Gasteiger partial charge in [0.15, 0.2) is 17.2 Å². The van der Waals surface area contributed by atoms with Crippen LogP contribution in [0.15, 0.2) is 12.1 Å². The first-order valence-corrected chi connectivity index (χ1v) is 5.82. The van der Waals surface area contributed by atoms with Crippen molar-refractivity contribution in [2.75, 3.05) is 14.2 Å². The predicted molar refractivity (Wildman–Crippen MR) is 61.3 cm³/mol. The Bertz CT molecular complexity index is 516. The van der Waals surface area contributed by atoms with Crippen molar-refractivity contribution in [2.24, 2.45) is 0 Å². The van der Waals surface area contributed by atoms with Gasteiger partial charge in [-0.1, -0.05) is 0 Å². The van der Waals surface area contributed by atoms with E-state index in [1.165, 1.54) is 0 Å². The van der Waals surface area contributed by atoms with E-state index < -0.39 is 33.6 Å². The van der Waals surface area contributed by atoms with Crippen LogP contribution in [0, 0.1) is 0 Å². The Kier molecular flexibility index (Phi) is 6.05. The number of aromatic hydroxyl groups is 3. The van der Waals surface area contributed by atoms with Crippen LogP contribution in [-0.4, -0.2) is 49.0 Å². The molecule has 4 N–H and O–H groups in total. The summed E-state index contributed by atoms with van der Waals surface area (Å²) in [6.07, 6.45) is 0. The molecule has 1 aromatic carbocycles. The first-order chi connectivity index (χ1) is 8.64. The van der Waals surface area contributed by atoms with Gasteiger partial charge in [-0.2, -0.15) is 8.42 Å². The average molecular weight is 296 g/mol. The molecular weight excluding hydrogens is 284 g/mol. The summed E-state index contributed by atoms with van der Waals surface area (Å²) in [5, 5.41) is 35.0. The largest absolute Gasteiger partial charge is 0.504 e. The maximum Gasteiger partial charge on any atom is 0.399 e. The maximum atomic E-state index is 10.3. The second-order valence-electron chi connectivity index (χ2n) is 2.91. The molecule has 0 fully saturated rings. The second kappa shape index (κ2) is 6.78. The highest BCUT2D eigenvalue weighted by atomic mass is 32.3. The van der Waals surface area contributed by atoms with Crippen molar-refractivity contribution in [3.05, 3.63) is 17.7 Å². The molecule has 0 aromatic heterocycles. The summed E-state index contributed by atoms with van der Waals surface area (Å²) in [4.78, 5) is 10.3. The first-order valence-electron chi connectivity index (χ1n) is 4.49. The lowest BCUT2D eigenvalue weighted by Crippen LogP contribution is -2.02. The number of hydrogen-bond acceptors (Lipinski definition) is 8. The summed E-state index contributed by atoms with van der Waals surface area (Å²) in [6, 6.07) is 1.69. The number of aromatic carboxylic acids is 1. The van der Waals surface area contributed by atoms with E-state index in [9.17, 15) is 13.2 Å². The van der Waals surface area contributed by atoms with E-state index in [4.69, 9.17) is 20.4 Å². The molecule has 1 aromatic rings. The Labute approximate surface area is 108 Å². The highest BCUT2D eigenvalue weighted by Gasteiger charge is 2.11. The van der Waals surface area contributed by atoms with Gasteiger partial charge in [-0.3, -0.25) is 8.37 Å². The number of phenolic OH excluding ortho intramolecular Hbond substituents is 3. The van der Waals surface area contributed by atoms with Crippen LogP contribution in [0.2, 0.25) is 0 Å². The topological polar surface area (TPSA) is 151 Å². The molecule has 19 heavy (non-hydrogen) atoms. The van der Waals surface area contributed by atoms with Gasteiger partial charge >= 0.3 is 16.4 Å². The van der Waals surface area contributed by atoms with Crippen LogP contribution in [-0.2, 0) is 18.8 Å². The molecule has 0 aliphatic carbocycles. The maximum absolute atomic E-state index is 10.3. The van der Waals surface area contributed by atoms with Crippen LogP contribution in [0.5, 0.6) is 17.2 Å². The minimum atomic E-state index is -3.66. The van der Waals surface area contributed by atoms with Crippen molar-refractivity contribution in [3.63, 3.8) is 0 Å². The van der Waals surface area contributed by atoms with Crippen LogP contribution < -0.4 is 0 Å². The van der Waals surface area contributed by atoms with Gasteiger partial charge in [0.05, 0.1) is 19.8 Å². The Balaban J connectivity index is 0.000000399. The Hall–Kier alpha value is -2.04. The quantitative estimate of drug-likeness (QED) is 0.566. The van der Waals surface area contributed by atoms with E-state index in [0.717, 1.165) is 26.4 Å². The van der Waals surface area contributed by atoms with Gasteiger partial charge in [0.1, 0.15) is 0 Å². The van der Waals surface area contributed by atoms with E-state index in [2.05, 4.69) is 8.37 Å². The fourth-order valence-corrected chi connectivity index (χ4v) is 0.932. The van der Waals surface area contributed by atoms with E-state index in [1.54, 1.807) is 0 Å². The number of rotatable bonds is 3. The van der Waals surface area contributed by atoms with Gasteiger partial charge in [-0.05, 0) is 12.1 Å². The zero-order chi connectivity index (χ0) is 15.2. The molecule has 0 saturated heterocycles. The Morgan fingerprint density at radius 3 is 1.63 bits per heavy atom. The molecule has 0 unspecified atom stereocenters. The molecule has 0 radical (unpaired) electrons. The highest BCUT2D eigenvalue weighted by Crippen LogP contribution is 2.35. The fourth-order valence-electron chi connectivity index (χ4n) is 0.796. The van der Waals surface area contributed by atoms with Crippen LogP contribution in [0.1, 0.15) is 10.4 Å². The van der Waals surface area contributed by atoms with Crippen molar-refractivity contribution in [1.82, 2.24) is 0 Å². The minimum Gasteiger partial charge on any atom is -0.504 e. The lowest BCUT2D eigenvalue weighted by atomic mass is 10.2. The third-order valence-corrected chi connectivity index (χ3v) is 2.54. The monoisotopic (exact) mass is 296 g/mol. The van der Waals surface area contributed by atoms with Crippen molar-refractivity contribution in [1.29, 1.82) is 0 Å². The van der Waals surface area contributed by atoms with Crippen molar-refractivity contribution in [2.45, 2.75) is 0 Å². The Morgan fingerprint density at radius 2 is 1.42 bits per heavy atom. The minimum absolute atomic E-state index is 0.289. The molecule has 0 bridgehead atoms. The lowest BCUT2D eigenvalue weighted by molar-refractivity contribution is 0.0696. The molecule has 0 spiro atoms.